The standard InChI is InChI=1S/C37H60BrN5O2/c1-8-12-14-15-20-37(6,19-13-9-2)26-45-36-40-32-23-31(38)34(39-27(5)10-3)30(11-4)33(32)35(41-36)43-28-17-18-29(43)25-42(24-28)21-16-22-44-7/h11,23,27-29H,8-10,12-22,24-26H2,1-7H3/b30-11-,39-34?. The van der Waals surface area contributed by atoms with Crippen LogP contribution in [0.3, 0.4) is 0 Å². The number of ether oxygens (including phenoxy) is 2. The van der Waals surface area contributed by atoms with Gasteiger partial charge in [-0.3, -0.25) is 9.89 Å². The Morgan fingerprint density at radius 3 is 2.40 bits per heavy atom. The fraction of sp³-hybridized carbons (Fsp3) is 0.757. The van der Waals surface area contributed by atoms with Crippen LogP contribution in [0.25, 0.3) is 11.6 Å². The van der Waals surface area contributed by atoms with E-state index < -0.39 is 0 Å². The maximum atomic E-state index is 6.65. The topological polar surface area (TPSA) is 63.1 Å². The van der Waals surface area contributed by atoms with Crippen molar-refractivity contribution in [1.82, 2.24) is 14.9 Å². The largest absolute Gasteiger partial charge is 0.463 e. The van der Waals surface area contributed by atoms with Crippen LogP contribution >= 0.6 is 15.9 Å². The van der Waals surface area contributed by atoms with Gasteiger partial charge >= 0.3 is 6.01 Å². The number of rotatable bonds is 18. The monoisotopic (exact) mass is 685 g/mol. The quantitative estimate of drug-likeness (QED) is 0.144. The van der Waals surface area contributed by atoms with E-state index >= 15 is 0 Å². The smallest absolute Gasteiger partial charge is 0.318 e. The molecule has 4 atom stereocenters. The maximum absolute atomic E-state index is 6.65. The van der Waals surface area contributed by atoms with Gasteiger partial charge in [-0.05, 0) is 74.4 Å². The second kappa shape index (κ2) is 17.4. The van der Waals surface area contributed by atoms with E-state index in [4.69, 9.17) is 24.4 Å². The van der Waals surface area contributed by atoms with Crippen molar-refractivity contribution >= 4 is 39.1 Å². The zero-order valence-corrected chi connectivity index (χ0v) is 30.9. The molecule has 8 heteroatoms. The van der Waals surface area contributed by atoms with Crippen LogP contribution in [0.15, 0.2) is 15.6 Å². The molecule has 0 aromatic carbocycles. The van der Waals surface area contributed by atoms with E-state index in [-0.39, 0.29) is 11.5 Å². The van der Waals surface area contributed by atoms with Crippen LogP contribution in [0.1, 0.15) is 130 Å². The summed E-state index contributed by atoms with van der Waals surface area (Å²) in [6.07, 6.45) is 18.7. The Morgan fingerprint density at radius 2 is 1.76 bits per heavy atom. The van der Waals surface area contributed by atoms with E-state index in [1.165, 1.54) is 64.2 Å². The summed E-state index contributed by atoms with van der Waals surface area (Å²) in [6, 6.07) is 1.59. The maximum Gasteiger partial charge on any atom is 0.318 e. The first-order valence-corrected chi connectivity index (χ1v) is 18.7. The Balaban J connectivity index is 1.70. The molecule has 1 aliphatic carbocycles. The molecule has 0 amide bonds. The molecule has 2 fully saturated rings. The summed E-state index contributed by atoms with van der Waals surface area (Å²) in [5, 5.41) is 0. The van der Waals surface area contributed by atoms with Crippen LogP contribution < -0.4 is 9.64 Å². The number of aromatic nitrogens is 2. The molecule has 252 valence electrons. The third kappa shape index (κ3) is 9.19. The molecule has 0 radical (unpaired) electrons. The van der Waals surface area contributed by atoms with Gasteiger partial charge < -0.3 is 14.4 Å². The predicted molar refractivity (Wildman–Crippen MR) is 194 cm³/mol. The number of fused-ring (bicyclic) bond motifs is 3. The average molecular weight is 687 g/mol. The van der Waals surface area contributed by atoms with Gasteiger partial charge in [0.2, 0.25) is 0 Å². The van der Waals surface area contributed by atoms with Crippen LogP contribution in [0.2, 0.25) is 0 Å². The van der Waals surface area contributed by atoms with Gasteiger partial charge in [0.25, 0.3) is 0 Å². The highest BCUT2D eigenvalue weighted by Gasteiger charge is 2.43. The highest BCUT2D eigenvalue weighted by molar-refractivity contribution is 9.12. The summed E-state index contributed by atoms with van der Waals surface area (Å²) in [5.74, 6) is 1.03. The van der Waals surface area contributed by atoms with Crippen molar-refractivity contribution in [3.8, 4) is 6.01 Å². The number of anilines is 1. The normalized spacial score (nSPS) is 23.7. The first-order chi connectivity index (χ1) is 21.8. The lowest BCUT2D eigenvalue weighted by atomic mass is 9.81. The molecule has 2 aliphatic heterocycles. The summed E-state index contributed by atoms with van der Waals surface area (Å²) in [5.41, 5.74) is 4.28. The van der Waals surface area contributed by atoms with Crippen molar-refractivity contribution in [2.24, 2.45) is 10.4 Å². The van der Waals surface area contributed by atoms with Crippen LogP contribution in [0, 0.1) is 5.41 Å². The minimum absolute atomic E-state index is 0.122. The SMILES string of the molecule is C/C=C1\C(=NC(C)CC)C(Br)=Cc2nc(OCC(C)(CCCC)CCCCCC)nc(N3C4CCC3CN(CCCOC)C4)c21. The van der Waals surface area contributed by atoms with Crippen molar-refractivity contribution < 1.29 is 9.47 Å². The molecule has 7 nitrogen and oxygen atoms in total. The van der Waals surface area contributed by atoms with Crippen molar-refractivity contribution in [2.45, 2.75) is 137 Å². The average Bonchev–Trinajstić information content (AvgIpc) is 3.30. The highest BCUT2D eigenvalue weighted by Crippen LogP contribution is 2.44. The second-order valence-electron chi connectivity index (χ2n) is 13.9. The number of unbranched alkanes of at least 4 members (excludes halogenated alkanes) is 4. The molecule has 1 aromatic heterocycles. The molecule has 3 aliphatic rings. The fourth-order valence-electron chi connectivity index (χ4n) is 7.26. The van der Waals surface area contributed by atoms with Crippen LogP contribution in [0.4, 0.5) is 5.82 Å². The van der Waals surface area contributed by atoms with Gasteiger partial charge in [-0.2, -0.15) is 9.97 Å². The molecular weight excluding hydrogens is 626 g/mol. The number of halogens is 1. The zero-order chi connectivity index (χ0) is 32.4. The number of nitrogens with zero attached hydrogens (tertiary/aromatic N) is 5. The summed E-state index contributed by atoms with van der Waals surface area (Å²) >= 11 is 3.88. The lowest BCUT2D eigenvalue weighted by molar-refractivity contribution is 0.125. The number of hydrogen-bond donors (Lipinski definition) is 0. The fourth-order valence-corrected chi connectivity index (χ4v) is 7.79. The zero-order valence-electron chi connectivity index (χ0n) is 29.3. The minimum Gasteiger partial charge on any atom is -0.463 e. The lowest BCUT2D eigenvalue weighted by Crippen LogP contribution is -2.54. The first-order valence-electron chi connectivity index (χ1n) is 17.9. The van der Waals surface area contributed by atoms with Gasteiger partial charge in [0.1, 0.15) is 5.82 Å². The third-order valence-electron chi connectivity index (χ3n) is 10.1. The van der Waals surface area contributed by atoms with E-state index in [2.05, 4.69) is 79.4 Å². The second-order valence-corrected chi connectivity index (χ2v) is 14.8. The number of allylic oxidation sites excluding steroid dienone is 3. The van der Waals surface area contributed by atoms with Gasteiger partial charge in [-0.1, -0.05) is 72.3 Å². The van der Waals surface area contributed by atoms with Gasteiger partial charge in [0.15, 0.2) is 0 Å². The summed E-state index contributed by atoms with van der Waals surface area (Å²) in [6.45, 7) is 18.1. The van der Waals surface area contributed by atoms with Gasteiger partial charge in [-0.25, -0.2) is 0 Å². The third-order valence-corrected chi connectivity index (χ3v) is 10.7. The molecule has 0 spiro atoms. The Morgan fingerprint density at radius 1 is 1.04 bits per heavy atom. The molecule has 1 aromatic rings. The number of methoxy groups -OCH3 is 1. The van der Waals surface area contributed by atoms with Gasteiger partial charge in [0, 0.05) is 66.9 Å². The Bertz CT molecular complexity index is 1190. The first kappa shape index (κ1) is 36.1. The Kier molecular flexibility index (Phi) is 13.9. The molecular formula is C37H60BrN5O2. The number of hydrogen-bond acceptors (Lipinski definition) is 7. The molecule has 0 saturated carbocycles. The summed E-state index contributed by atoms with van der Waals surface area (Å²) in [7, 11) is 1.79. The van der Waals surface area contributed by atoms with E-state index in [0.29, 0.717) is 24.7 Å². The van der Waals surface area contributed by atoms with Crippen molar-refractivity contribution in [3.63, 3.8) is 0 Å². The molecule has 2 bridgehead atoms. The predicted octanol–water partition coefficient (Wildman–Crippen LogP) is 9.10. The number of piperazine rings is 1. The van der Waals surface area contributed by atoms with Crippen molar-refractivity contribution in [1.29, 1.82) is 0 Å². The van der Waals surface area contributed by atoms with Crippen molar-refractivity contribution in [2.75, 3.05) is 44.9 Å². The van der Waals surface area contributed by atoms with Crippen LogP contribution in [0.5, 0.6) is 6.01 Å². The van der Waals surface area contributed by atoms with Crippen LogP contribution in [-0.4, -0.2) is 78.7 Å². The van der Waals surface area contributed by atoms with Gasteiger partial charge in [0.05, 0.1) is 23.6 Å². The molecule has 45 heavy (non-hydrogen) atoms. The molecule has 4 unspecified atom stereocenters. The van der Waals surface area contributed by atoms with E-state index in [0.717, 1.165) is 71.9 Å². The summed E-state index contributed by atoms with van der Waals surface area (Å²) < 4.78 is 13.0. The van der Waals surface area contributed by atoms with Gasteiger partial charge in [-0.15, -0.1) is 0 Å². The Hall–Kier alpha value is -1.77. The molecule has 3 heterocycles. The molecule has 0 N–H and O–H groups in total. The lowest BCUT2D eigenvalue weighted by Gasteiger charge is -2.43. The van der Waals surface area contributed by atoms with E-state index in [1.54, 1.807) is 7.11 Å². The van der Waals surface area contributed by atoms with Crippen molar-refractivity contribution in [3.05, 3.63) is 21.8 Å². The van der Waals surface area contributed by atoms with E-state index in [1.807, 2.05) is 0 Å². The van der Waals surface area contributed by atoms with E-state index in [9.17, 15) is 0 Å². The molecule has 2 saturated heterocycles. The number of likely N-dealkylation sites (tertiary alicyclic amines) is 1. The molecule has 4 rings (SSSR count). The van der Waals surface area contributed by atoms with Crippen LogP contribution in [-0.2, 0) is 4.74 Å². The minimum atomic E-state index is 0.122. The highest BCUT2D eigenvalue weighted by atomic mass is 79.9. The number of aliphatic imine (C=N–C) groups is 1. The summed E-state index contributed by atoms with van der Waals surface area (Å²) in [4.78, 5) is 20.8. The Labute approximate surface area is 282 Å².